The molecule has 9 heteroatoms. The highest BCUT2D eigenvalue weighted by Gasteiger charge is 2.22. The van der Waals surface area contributed by atoms with Gasteiger partial charge in [0.1, 0.15) is 5.75 Å². The predicted octanol–water partition coefficient (Wildman–Crippen LogP) is 4.83. The Balaban J connectivity index is 1.50. The molecule has 0 radical (unpaired) electrons. The van der Waals surface area contributed by atoms with Gasteiger partial charge in [0.25, 0.3) is 0 Å². The fourth-order valence-corrected chi connectivity index (χ4v) is 4.57. The molecule has 2 heterocycles. The minimum atomic E-state index is -0.154. The molecular weight excluding hydrogens is 448 g/mol. The van der Waals surface area contributed by atoms with E-state index < -0.39 is 0 Å². The molecule has 1 fully saturated rings. The van der Waals surface area contributed by atoms with Crippen molar-refractivity contribution in [2.24, 2.45) is 0 Å². The molecule has 2 aromatic carbocycles. The number of carbonyl (C=O) groups is 1. The van der Waals surface area contributed by atoms with Gasteiger partial charge < -0.3 is 14.8 Å². The molecule has 0 bridgehead atoms. The molecule has 1 aliphatic heterocycles. The van der Waals surface area contributed by atoms with Crippen molar-refractivity contribution in [3.63, 3.8) is 0 Å². The second kappa shape index (κ2) is 10.4. The summed E-state index contributed by atoms with van der Waals surface area (Å²) in [6.45, 7) is 3.36. The maximum atomic E-state index is 12.5. The first-order valence-corrected chi connectivity index (χ1v) is 11.8. The zero-order valence-electron chi connectivity index (χ0n) is 18.0. The normalized spacial score (nSPS) is 15.7. The fourth-order valence-electron chi connectivity index (χ4n) is 3.54. The van der Waals surface area contributed by atoms with Crippen LogP contribution in [0.1, 0.15) is 18.4 Å². The van der Waals surface area contributed by atoms with Crippen molar-refractivity contribution in [2.45, 2.75) is 37.6 Å². The second-order valence-corrected chi connectivity index (χ2v) is 8.95. The molecule has 168 valence electrons. The number of hydrogen-bond donors (Lipinski definition) is 1. The van der Waals surface area contributed by atoms with Gasteiger partial charge in [0.15, 0.2) is 11.0 Å². The Morgan fingerprint density at radius 1 is 1.28 bits per heavy atom. The largest absolute Gasteiger partial charge is 0.497 e. The van der Waals surface area contributed by atoms with Gasteiger partial charge in [-0.05, 0) is 61.7 Å². The van der Waals surface area contributed by atoms with Crippen LogP contribution in [0.5, 0.6) is 5.75 Å². The Hall–Kier alpha value is -2.55. The SMILES string of the molecule is COc1ccc(-c2nnc(SCC(=O)Nc3ccc(C)cc3Cl)n2CC2CCCO2)cc1. The molecule has 1 aliphatic rings. The van der Waals surface area contributed by atoms with Gasteiger partial charge >= 0.3 is 0 Å². The molecule has 7 nitrogen and oxygen atoms in total. The highest BCUT2D eigenvalue weighted by molar-refractivity contribution is 7.99. The van der Waals surface area contributed by atoms with Gasteiger partial charge in [-0.2, -0.15) is 0 Å². The first-order valence-electron chi connectivity index (χ1n) is 10.4. The molecule has 32 heavy (non-hydrogen) atoms. The number of hydrogen-bond acceptors (Lipinski definition) is 6. The molecule has 0 saturated carbocycles. The van der Waals surface area contributed by atoms with E-state index in [1.807, 2.05) is 54.0 Å². The van der Waals surface area contributed by atoms with E-state index in [1.165, 1.54) is 11.8 Å². The average Bonchev–Trinajstić information content (AvgIpc) is 3.45. The number of carbonyl (C=O) groups excluding carboxylic acids is 1. The van der Waals surface area contributed by atoms with Crippen molar-refractivity contribution >= 4 is 35.0 Å². The Morgan fingerprint density at radius 2 is 2.09 bits per heavy atom. The number of anilines is 1. The molecular formula is C23H25ClN4O3S. The molecule has 4 rings (SSSR count). The number of aryl methyl sites for hydroxylation is 1. The molecule has 1 N–H and O–H groups in total. The summed E-state index contributed by atoms with van der Waals surface area (Å²) in [4.78, 5) is 12.5. The van der Waals surface area contributed by atoms with Crippen molar-refractivity contribution in [3.05, 3.63) is 53.1 Å². The average molecular weight is 473 g/mol. The van der Waals surface area contributed by atoms with E-state index in [9.17, 15) is 4.79 Å². The van der Waals surface area contributed by atoms with E-state index in [0.717, 1.165) is 42.1 Å². The highest BCUT2D eigenvalue weighted by atomic mass is 35.5. The van der Waals surface area contributed by atoms with E-state index in [0.29, 0.717) is 22.4 Å². The van der Waals surface area contributed by atoms with Crippen LogP contribution >= 0.6 is 23.4 Å². The molecule has 1 amide bonds. The lowest BCUT2D eigenvalue weighted by Crippen LogP contribution is -2.18. The van der Waals surface area contributed by atoms with Crippen LogP contribution < -0.4 is 10.1 Å². The Bertz CT molecular complexity index is 1080. The van der Waals surface area contributed by atoms with E-state index in [-0.39, 0.29) is 17.8 Å². The summed E-state index contributed by atoms with van der Waals surface area (Å²) < 4.78 is 13.1. The van der Waals surface area contributed by atoms with Crippen LogP contribution in [0.3, 0.4) is 0 Å². The molecule has 1 atom stereocenters. The van der Waals surface area contributed by atoms with E-state index in [2.05, 4.69) is 15.5 Å². The van der Waals surface area contributed by atoms with Crippen LogP contribution in [0, 0.1) is 6.92 Å². The van der Waals surface area contributed by atoms with Crippen LogP contribution in [0.2, 0.25) is 5.02 Å². The van der Waals surface area contributed by atoms with Crippen LogP contribution in [-0.4, -0.2) is 46.2 Å². The summed E-state index contributed by atoms with van der Waals surface area (Å²) in [6.07, 6.45) is 2.16. The molecule has 1 saturated heterocycles. The lowest BCUT2D eigenvalue weighted by atomic mass is 10.2. The summed E-state index contributed by atoms with van der Waals surface area (Å²) in [6, 6.07) is 13.2. The highest BCUT2D eigenvalue weighted by Crippen LogP contribution is 2.28. The number of rotatable bonds is 8. The third-order valence-electron chi connectivity index (χ3n) is 5.21. The first-order chi connectivity index (χ1) is 15.5. The molecule has 0 spiro atoms. The van der Waals surface area contributed by atoms with Gasteiger partial charge in [-0.3, -0.25) is 9.36 Å². The van der Waals surface area contributed by atoms with Crippen molar-refractivity contribution in [3.8, 4) is 17.1 Å². The minimum Gasteiger partial charge on any atom is -0.497 e. The lowest BCUT2D eigenvalue weighted by Gasteiger charge is -2.15. The molecule has 1 unspecified atom stereocenters. The summed E-state index contributed by atoms with van der Waals surface area (Å²) in [5.41, 5.74) is 2.57. The molecule has 1 aromatic heterocycles. The summed E-state index contributed by atoms with van der Waals surface area (Å²) in [5.74, 6) is 1.56. The van der Waals surface area contributed by atoms with Crippen molar-refractivity contribution in [1.82, 2.24) is 14.8 Å². The zero-order chi connectivity index (χ0) is 22.5. The standard InChI is InChI=1S/C23H25ClN4O3S/c1-15-5-10-20(19(24)12-15)25-21(29)14-32-23-27-26-22(16-6-8-17(30-2)9-7-16)28(23)13-18-4-3-11-31-18/h5-10,12,18H,3-4,11,13-14H2,1-2H3,(H,25,29). The molecule has 0 aliphatic carbocycles. The Morgan fingerprint density at radius 3 is 2.78 bits per heavy atom. The fraction of sp³-hybridized carbons (Fsp3) is 0.348. The number of halogens is 1. The second-order valence-electron chi connectivity index (χ2n) is 7.60. The van der Waals surface area contributed by atoms with Crippen LogP contribution in [0.4, 0.5) is 5.69 Å². The van der Waals surface area contributed by atoms with Crippen molar-refractivity contribution < 1.29 is 14.3 Å². The predicted molar refractivity (Wildman–Crippen MR) is 127 cm³/mol. The van der Waals surface area contributed by atoms with Crippen LogP contribution in [-0.2, 0) is 16.1 Å². The summed E-state index contributed by atoms with van der Waals surface area (Å²) in [5, 5.41) is 12.8. The van der Waals surface area contributed by atoms with E-state index in [1.54, 1.807) is 7.11 Å². The summed E-state index contributed by atoms with van der Waals surface area (Å²) >= 11 is 7.58. The van der Waals surface area contributed by atoms with Crippen molar-refractivity contribution in [1.29, 1.82) is 0 Å². The van der Waals surface area contributed by atoms with Crippen LogP contribution in [0.25, 0.3) is 11.4 Å². The van der Waals surface area contributed by atoms with E-state index >= 15 is 0 Å². The number of nitrogens with one attached hydrogen (secondary N) is 1. The minimum absolute atomic E-state index is 0.113. The Labute approximate surface area is 196 Å². The van der Waals surface area contributed by atoms with Gasteiger partial charge in [-0.1, -0.05) is 29.4 Å². The van der Waals surface area contributed by atoms with Gasteiger partial charge in [0.05, 0.1) is 36.2 Å². The van der Waals surface area contributed by atoms with Crippen LogP contribution in [0.15, 0.2) is 47.6 Å². The number of ether oxygens (including phenoxy) is 2. The van der Waals surface area contributed by atoms with E-state index in [4.69, 9.17) is 21.1 Å². The maximum Gasteiger partial charge on any atom is 0.234 e. The first kappa shape index (κ1) is 22.6. The lowest BCUT2D eigenvalue weighted by molar-refractivity contribution is -0.113. The number of benzene rings is 2. The molecule has 3 aromatic rings. The van der Waals surface area contributed by atoms with Gasteiger partial charge in [-0.15, -0.1) is 10.2 Å². The topological polar surface area (TPSA) is 78.3 Å². The third-order valence-corrected chi connectivity index (χ3v) is 6.49. The zero-order valence-corrected chi connectivity index (χ0v) is 19.6. The number of aromatic nitrogens is 3. The monoisotopic (exact) mass is 472 g/mol. The van der Waals surface area contributed by atoms with Gasteiger partial charge in [-0.25, -0.2) is 0 Å². The smallest absolute Gasteiger partial charge is 0.234 e. The van der Waals surface area contributed by atoms with Crippen molar-refractivity contribution in [2.75, 3.05) is 24.8 Å². The van der Waals surface area contributed by atoms with Gasteiger partial charge in [0.2, 0.25) is 5.91 Å². The Kier molecular flexibility index (Phi) is 7.34. The third kappa shape index (κ3) is 5.43. The quantitative estimate of drug-likeness (QED) is 0.473. The number of amides is 1. The number of nitrogens with zero attached hydrogens (tertiary/aromatic N) is 3. The number of methoxy groups -OCH3 is 1. The van der Waals surface area contributed by atoms with Gasteiger partial charge in [0, 0.05) is 12.2 Å². The number of thioether (sulfide) groups is 1. The maximum absolute atomic E-state index is 12.5. The summed E-state index contributed by atoms with van der Waals surface area (Å²) in [7, 11) is 1.64.